The number of sulfonamides is 1. The smallest absolute Gasteiger partial charge is 0.250 e. The molecule has 6 N–H and O–H groups in total. The summed E-state index contributed by atoms with van der Waals surface area (Å²) in [4.78, 5) is 11.0. The molecule has 7 nitrogen and oxygen atoms in total. The van der Waals surface area contributed by atoms with Crippen LogP contribution in [0.4, 0.5) is 15.8 Å². The monoisotopic (exact) mass is 290 g/mol. The predicted octanol–water partition coefficient (Wildman–Crippen LogP) is -0.532. The molecule has 0 spiro atoms. The van der Waals surface area contributed by atoms with Crippen molar-refractivity contribution in [3.63, 3.8) is 0 Å². The molecule has 0 saturated carbocycles. The van der Waals surface area contributed by atoms with Crippen LogP contribution in [0.15, 0.2) is 12.1 Å². The first kappa shape index (κ1) is 15.2. The number of benzene rings is 1. The Kier molecular flexibility index (Phi) is 4.67. The average Bonchev–Trinajstić information content (AvgIpc) is 2.24. The first-order valence-corrected chi connectivity index (χ1v) is 7.17. The van der Waals surface area contributed by atoms with E-state index in [1.165, 1.54) is 6.07 Å². The molecule has 0 atom stereocenters. The summed E-state index contributed by atoms with van der Waals surface area (Å²) in [5.41, 5.74) is 10.5. The molecule has 0 aliphatic rings. The summed E-state index contributed by atoms with van der Waals surface area (Å²) < 4.78 is 37.4. The third-order valence-electron chi connectivity index (χ3n) is 2.21. The van der Waals surface area contributed by atoms with Crippen LogP contribution >= 0.6 is 0 Å². The zero-order valence-electron chi connectivity index (χ0n) is 10.2. The van der Waals surface area contributed by atoms with Crippen molar-refractivity contribution in [2.45, 2.75) is 0 Å². The van der Waals surface area contributed by atoms with Crippen molar-refractivity contribution in [1.29, 1.82) is 0 Å². The Balaban J connectivity index is 2.73. The molecule has 1 aromatic rings. The Morgan fingerprint density at radius 2 is 2.00 bits per heavy atom. The lowest BCUT2D eigenvalue weighted by atomic mass is 10.1. The van der Waals surface area contributed by atoms with E-state index in [0.717, 1.165) is 12.3 Å². The molecule has 0 radical (unpaired) electrons. The molecule has 0 fully saturated rings. The molecule has 0 saturated heterocycles. The molecule has 0 heterocycles. The summed E-state index contributed by atoms with van der Waals surface area (Å²) in [5, 5.41) is 2.64. The van der Waals surface area contributed by atoms with E-state index < -0.39 is 21.7 Å². The lowest BCUT2D eigenvalue weighted by Gasteiger charge is -2.10. The maximum absolute atomic E-state index is 13.5. The van der Waals surface area contributed by atoms with E-state index in [-0.39, 0.29) is 30.0 Å². The van der Waals surface area contributed by atoms with Gasteiger partial charge < -0.3 is 16.8 Å². The number of anilines is 2. The minimum Gasteiger partial charge on any atom is -0.398 e. The summed E-state index contributed by atoms with van der Waals surface area (Å²) in [6.45, 7) is 0.223. The summed E-state index contributed by atoms with van der Waals surface area (Å²) in [7, 11) is -3.29. The number of amides is 1. The normalized spacial score (nSPS) is 11.3. The fourth-order valence-corrected chi connectivity index (χ4v) is 1.84. The molecule has 106 valence electrons. The van der Waals surface area contributed by atoms with Gasteiger partial charge in [0.25, 0.3) is 5.91 Å². The van der Waals surface area contributed by atoms with Gasteiger partial charge in [0.1, 0.15) is 5.82 Å². The van der Waals surface area contributed by atoms with Crippen molar-refractivity contribution in [2.75, 3.05) is 30.4 Å². The number of nitrogens with two attached hydrogens (primary N) is 2. The average molecular weight is 290 g/mol. The van der Waals surface area contributed by atoms with Crippen LogP contribution in [0.2, 0.25) is 0 Å². The van der Waals surface area contributed by atoms with E-state index >= 15 is 0 Å². The van der Waals surface area contributed by atoms with Gasteiger partial charge in [-0.15, -0.1) is 0 Å². The lowest BCUT2D eigenvalue weighted by Crippen LogP contribution is -2.27. The minimum atomic E-state index is -3.29. The maximum atomic E-state index is 13.5. The summed E-state index contributed by atoms with van der Waals surface area (Å²) in [5.74, 6) is -1.42. The van der Waals surface area contributed by atoms with Crippen LogP contribution in [0.25, 0.3) is 0 Å². The maximum Gasteiger partial charge on any atom is 0.250 e. The van der Waals surface area contributed by atoms with E-state index in [4.69, 9.17) is 11.5 Å². The summed E-state index contributed by atoms with van der Waals surface area (Å²) in [6, 6.07) is 2.17. The van der Waals surface area contributed by atoms with Gasteiger partial charge in [0.15, 0.2) is 0 Å². The quantitative estimate of drug-likeness (QED) is 0.413. The van der Waals surface area contributed by atoms with Gasteiger partial charge in [0.2, 0.25) is 10.0 Å². The zero-order valence-corrected chi connectivity index (χ0v) is 11.1. The Hall–Kier alpha value is -1.87. The number of nitrogens with one attached hydrogen (secondary N) is 2. The Bertz CT molecular complexity index is 589. The van der Waals surface area contributed by atoms with Crippen LogP contribution in [0, 0.1) is 5.82 Å². The number of hydrogen-bond donors (Lipinski definition) is 4. The van der Waals surface area contributed by atoms with Crippen LogP contribution in [-0.4, -0.2) is 33.7 Å². The molecule has 1 rings (SSSR count). The fraction of sp³-hybridized carbons (Fsp3) is 0.300. The highest BCUT2D eigenvalue weighted by atomic mass is 32.2. The van der Waals surface area contributed by atoms with Crippen molar-refractivity contribution in [2.24, 2.45) is 5.73 Å². The second kappa shape index (κ2) is 5.85. The van der Waals surface area contributed by atoms with Crippen LogP contribution in [0.5, 0.6) is 0 Å². The highest BCUT2D eigenvalue weighted by Gasteiger charge is 2.11. The van der Waals surface area contributed by atoms with Crippen molar-refractivity contribution < 1.29 is 17.6 Å². The van der Waals surface area contributed by atoms with Crippen molar-refractivity contribution in [3.05, 3.63) is 23.5 Å². The van der Waals surface area contributed by atoms with Crippen LogP contribution < -0.4 is 21.5 Å². The summed E-state index contributed by atoms with van der Waals surface area (Å²) >= 11 is 0. The van der Waals surface area contributed by atoms with Gasteiger partial charge in [-0.1, -0.05) is 0 Å². The topological polar surface area (TPSA) is 127 Å². The largest absolute Gasteiger partial charge is 0.398 e. The van der Waals surface area contributed by atoms with E-state index in [1.54, 1.807) is 0 Å². The Labute approximate surface area is 110 Å². The van der Waals surface area contributed by atoms with Gasteiger partial charge in [-0.3, -0.25) is 4.79 Å². The van der Waals surface area contributed by atoms with E-state index in [0.29, 0.717) is 0 Å². The van der Waals surface area contributed by atoms with Crippen molar-refractivity contribution in [1.82, 2.24) is 4.72 Å². The molecular formula is C10H15FN4O3S. The number of rotatable bonds is 6. The van der Waals surface area contributed by atoms with Gasteiger partial charge in [-0.2, -0.15) is 0 Å². The molecule has 19 heavy (non-hydrogen) atoms. The van der Waals surface area contributed by atoms with Crippen LogP contribution in [0.1, 0.15) is 10.4 Å². The molecule has 1 amide bonds. The van der Waals surface area contributed by atoms with E-state index in [1.807, 2.05) is 0 Å². The lowest BCUT2D eigenvalue weighted by molar-refractivity contribution is 0.100. The van der Waals surface area contributed by atoms with E-state index in [9.17, 15) is 17.6 Å². The molecule has 0 bridgehead atoms. The second-order valence-electron chi connectivity index (χ2n) is 3.88. The van der Waals surface area contributed by atoms with Gasteiger partial charge in [-0.05, 0) is 12.1 Å². The number of carbonyl (C=O) groups excluding carboxylic acids is 1. The first-order valence-electron chi connectivity index (χ1n) is 5.28. The van der Waals surface area contributed by atoms with Crippen molar-refractivity contribution >= 4 is 27.3 Å². The minimum absolute atomic E-state index is 0.0000257. The highest BCUT2D eigenvalue weighted by Crippen LogP contribution is 2.21. The molecule has 0 aromatic heterocycles. The molecule has 0 aliphatic heterocycles. The van der Waals surface area contributed by atoms with Gasteiger partial charge >= 0.3 is 0 Å². The van der Waals surface area contributed by atoms with Crippen molar-refractivity contribution in [3.8, 4) is 0 Å². The molecule has 0 unspecified atom stereocenters. The Morgan fingerprint density at radius 3 is 2.53 bits per heavy atom. The van der Waals surface area contributed by atoms with Gasteiger partial charge in [0, 0.05) is 18.8 Å². The number of primary amides is 1. The van der Waals surface area contributed by atoms with Gasteiger partial charge in [-0.25, -0.2) is 17.5 Å². The summed E-state index contributed by atoms with van der Waals surface area (Å²) in [6.07, 6.45) is 1.02. The number of hydrogen-bond acceptors (Lipinski definition) is 5. The molecule has 9 heteroatoms. The number of carbonyl (C=O) groups is 1. The fourth-order valence-electron chi connectivity index (χ4n) is 1.37. The molecular weight excluding hydrogens is 275 g/mol. The standard InChI is InChI=1S/C10H15FN4O3S/c1-19(17,18)15-3-2-14-9-4-6(10(13)16)8(12)5-7(9)11/h4-5,14-15H,2-3,12H2,1H3,(H2,13,16). The van der Waals surface area contributed by atoms with Crippen LogP contribution in [0.3, 0.4) is 0 Å². The SMILES string of the molecule is CS(=O)(=O)NCCNc1cc(C(N)=O)c(N)cc1F. The van der Waals surface area contributed by atoms with E-state index in [2.05, 4.69) is 10.0 Å². The first-order chi connectivity index (χ1) is 8.70. The highest BCUT2D eigenvalue weighted by molar-refractivity contribution is 7.88. The third kappa shape index (κ3) is 4.72. The Morgan fingerprint density at radius 1 is 1.37 bits per heavy atom. The second-order valence-corrected chi connectivity index (χ2v) is 5.71. The number of halogens is 1. The van der Waals surface area contributed by atoms with Crippen LogP contribution in [-0.2, 0) is 10.0 Å². The third-order valence-corrected chi connectivity index (χ3v) is 2.94. The number of nitrogen functional groups attached to an aromatic ring is 1. The molecule has 0 aliphatic carbocycles. The zero-order chi connectivity index (χ0) is 14.6. The predicted molar refractivity (Wildman–Crippen MR) is 70.7 cm³/mol. The molecule has 1 aromatic carbocycles. The van der Waals surface area contributed by atoms with Gasteiger partial charge in [0.05, 0.1) is 17.5 Å².